The molecule has 1 heterocycles. The first-order valence-electron chi connectivity index (χ1n) is 4.75. The van der Waals surface area contributed by atoms with E-state index < -0.39 is 0 Å². The van der Waals surface area contributed by atoms with Gasteiger partial charge in [-0.2, -0.15) is 0 Å². The van der Waals surface area contributed by atoms with Crippen LogP contribution in [0, 0.1) is 3.57 Å². The number of benzene rings is 1. The van der Waals surface area contributed by atoms with Gasteiger partial charge in [0, 0.05) is 13.6 Å². The van der Waals surface area contributed by atoms with Gasteiger partial charge in [0.25, 0.3) is 0 Å². The number of nitrogens with one attached hydrogen (secondary N) is 1. The Morgan fingerprint density at radius 3 is 3.06 bits per heavy atom. The van der Waals surface area contributed by atoms with E-state index in [1.54, 1.807) is 6.20 Å². The molecule has 0 amide bonds. The lowest BCUT2D eigenvalue weighted by Gasteiger charge is -2.01. The van der Waals surface area contributed by atoms with Crippen LogP contribution in [0.15, 0.2) is 33.3 Å². The molecule has 0 saturated carbocycles. The molecular formula is C11H10BrIN2O. The number of halogens is 2. The fourth-order valence-corrected chi connectivity index (χ4v) is 2.32. The summed E-state index contributed by atoms with van der Waals surface area (Å²) in [7, 11) is 1.87. The van der Waals surface area contributed by atoms with Crippen molar-refractivity contribution in [2.24, 2.45) is 0 Å². The minimum absolute atomic E-state index is 0.643. The van der Waals surface area contributed by atoms with Crippen LogP contribution in [-0.2, 0) is 6.54 Å². The highest BCUT2D eigenvalue weighted by atomic mass is 127. The number of aromatic nitrogens is 1. The average Bonchev–Trinajstić information content (AvgIpc) is 2.71. The smallest absolute Gasteiger partial charge is 0.208 e. The van der Waals surface area contributed by atoms with E-state index in [1.165, 1.54) is 0 Å². The summed E-state index contributed by atoms with van der Waals surface area (Å²) in [5.74, 6) is 1.50. The molecule has 0 atom stereocenters. The van der Waals surface area contributed by atoms with Crippen LogP contribution in [-0.4, -0.2) is 12.0 Å². The summed E-state index contributed by atoms with van der Waals surface area (Å²) in [6.07, 6.45) is 1.76. The normalized spacial score (nSPS) is 10.7. The lowest BCUT2D eigenvalue weighted by molar-refractivity contribution is 0.490. The lowest BCUT2D eigenvalue weighted by Crippen LogP contribution is -2.04. The van der Waals surface area contributed by atoms with E-state index in [4.69, 9.17) is 4.42 Å². The molecule has 2 aromatic rings. The van der Waals surface area contributed by atoms with E-state index in [9.17, 15) is 0 Å². The van der Waals surface area contributed by atoms with Gasteiger partial charge in [-0.15, -0.1) is 0 Å². The summed E-state index contributed by atoms with van der Waals surface area (Å²) in [6.45, 7) is 0.643. The van der Waals surface area contributed by atoms with Crippen LogP contribution in [0.25, 0.3) is 11.3 Å². The summed E-state index contributed by atoms with van der Waals surface area (Å²) >= 11 is 5.74. The zero-order valence-corrected chi connectivity index (χ0v) is 12.4. The second-order valence-corrected chi connectivity index (χ2v) is 5.35. The Bertz CT molecular complexity index is 498. The first-order chi connectivity index (χ1) is 7.70. The molecule has 0 spiro atoms. The van der Waals surface area contributed by atoms with Crippen molar-refractivity contribution in [3.8, 4) is 11.3 Å². The van der Waals surface area contributed by atoms with Gasteiger partial charge in [0.2, 0.25) is 5.89 Å². The third-order valence-electron chi connectivity index (χ3n) is 2.08. The Morgan fingerprint density at radius 2 is 2.31 bits per heavy atom. The molecule has 1 N–H and O–H groups in total. The largest absolute Gasteiger partial charge is 0.439 e. The summed E-state index contributed by atoms with van der Waals surface area (Å²) in [4.78, 5) is 4.21. The summed E-state index contributed by atoms with van der Waals surface area (Å²) < 4.78 is 7.83. The van der Waals surface area contributed by atoms with Crippen molar-refractivity contribution in [2.75, 3.05) is 7.05 Å². The molecule has 1 aromatic carbocycles. The second kappa shape index (κ2) is 5.29. The fourth-order valence-electron chi connectivity index (χ4n) is 1.35. The standard InChI is InChI=1S/C11H10BrIN2O/c1-14-6-11-15-5-10(16-11)8-4-7(12)2-3-9(8)13/h2-5,14H,6H2,1H3. The Balaban J connectivity index is 2.38. The summed E-state index contributed by atoms with van der Waals surface area (Å²) in [5.41, 5.74) is 1.06. The first kappa shape index (κ1) is 12.1. The third-order valence-corrected chi connectivity index (χ3v) is 3.51. The Kier molecular flexibility index (Phi) is 3.99. The number of rotatable bonds is 3. The van der Waals surface area contributed by atoms with Crippen LogP contribution < -0.4 is 5.32 Å². The summed E-state index contributed by atoms with van der Waals surface area (Å²) in [5, 5.41) is 3.01. The van der Waals surface area contributed by atoms with Gasteiger partial charge in [-0.3, -0.25) is 0 Å². The fraction of sp³-hybridized carbons (Fsp3) is 0.182. The zero-order valence-electron chi connectivity index (χ0n) is 8.63. The van der Waals surface area contributed by atoms with E-state index in [2.05, 4.69) is 48.8 Å². The minimum atomic E-state index is 0.643. The molecule has 2 rings (SSSR count). The van der Waals surface area contributed by atoms with Crippen molar-refractivity contribution < 1.29 is 4.42 Å². The van der Waals surface area contributed by atoms with Crippen molar-refractivity contribution >= 4 is 38.5 Å². The molecule has 0 aliphatic heterocycles. The van der Waals surface area contributed by atoms with Gasteiger partial charge in [-0.05, 0) is 47.8 Å². The Hall–Kier alpha value is -0.400. The highest BCUT2D eigenvalue weighted by molar-refractivity contribution is 14.1. The molecule has 0 unspecified atom stereocenters. The molecule has 0 saturated heterocycles. The Morgan fingerprint density at radius 1 is 1.50 bits per heavy atom. The molecule has 5 heteroatoms. The highest BCUT2D eigenvalue weighted by Gasteiger charge is 2.09. The van der Waals surface area contributed by atoms with Crippen LogP contribution in [0.5, 0.6) is 0 Å². The molecule has 0 radical (unpaired) electrons. The molecule has 1 aromatic heterocycles. The zero-order chi connectivity index (χ0) is 11.5. The number of hydrogen-bond donors (Lipinski definition) is 1. The first-order valence-corrected chi connectivity index (χ1v) is 6.62. The van der Waals surface area contributed by atoms with E-state index in [1.807, 2.05) is 25.2 Å². The monoisotopic (exact) mass is 392 g/mol. The van der Waals surface area contributed by atoms with Gasteiger partial charge >= 0.3 is 0 Å². The van der Waals surface area contributed by atoms with Crippen molar-refractivity contribution in [1.29, 1.82) is 0 Å². The van der Waals surface area contributed by atoms with Crippen LogP contribution in [0.3, 0.4) is 0 Å². The van der Waals surface area contributed by atoms with Crippen LogP contribution in [0.4, 0.5) is 0 Å². The predicted molar refractivity (Wildman–Crippen MR) is 75.1 cm³/mol. The molecule has 3 nitrogen and oxygen atoms in total. The maximum absolute atomic E-state index is 5.65. The molecular weight excluding hydrogens is 383 g/mol. The van der Waals surface area contributed by atoms with Gasteiger partial charge in [-0.1, -0.05) is 15.9 Å². The van der Waals surface area contributed by atoms with Crippen LogP contribution >= 0.6 is 38.5 Å². The SMILES string of the molecule is CNCc1ncc(-c2cc(Br)ccc2I)o1. The third kappa shape index (κ3) is 2.64. The molecule has 16 heavy (non-hydrogen) atoms. The second-order valence-electron chi connectivity index (χ2n) is 3.27. The molecule has 0 bridgehead atoms. The molecule has 0 aliphatic rings. The average molecular weight is 393 g/mol. The summed E-state index contributed by atoms with van der Waals surface area (Å²) in [6, 6.07) is 6.09. The van der Waals surface area contributed by atoms with Crippen molar-refractivity contribution in [3.63, 3.8) is 0 Å². The minimum Gasteiger partial charge on any atom is -0.439 e. The van der Waals surface area contributed by atoms with Gasteiger partial charge < -0.3 is 9.73 Å². The lowest BCUT2D eigenvalue weighted by atomic mass is 10.2. The molecule has 84 valence electrons. The molecule has 0 aliphatic carbocycles. The van der Waals surface area contributed by atoms with E-state index >= 15 is 0 Å². The van der Waals surface area contributed by atoms with Gasteiger partial charge in [0.05, 0.1) is 12.7 Å². The predicted octanol–water partition coefficient (Wildman–Crippen LogP) is 3.43. The number of oxazole rings is 1. The van der Waals surface area contributed by atoms with Crippen molar-refractivity contribution in [3.05, 3.63) is 38.3 Å². The Labute approximate surface area is 116 Å². The van der Waals surface area contributed by atoms with Crippen molar-refractivity contribution in [1.82, 2.24) is 10.3 Å². The van der Waals surface area contributed by atoms with E-state index in [0.717, 1.165) is 19.4 Å². The van der Waals surface area contributed by atoms with Crippen LogP contribution in [0.2, 0.25) is 0 Å². The highest BCUT2D eigenvalue weighted by Crippen LogP contribution is 2.28. The number of hydrogen-bond acceptors (Lipinski definition) is 3. The number of nitrogens with zero attached hydrogens (tertiary/aromatic N) is 1. The maximum atomic E-state index is 5.65. The topological polar surface area (TPSA) is 38.1 Å². The van der Waals surface area contributed by atoms with Crippen LogP contribution in [0.1, 0.15) is 5.89 Å². The van der Waals surface area contributed by atoms with Gasteiger partial charge in [0.15, 0.2) is 5.76 Å². The van der Waals surface area contributed by atoms with Gasteiger partial charge in [0.1, 0.15) is 0 Å². The van der Waals surface area contributed by atoms with Gasteiger partial charge in [-0.25, -0.2) is 4.98 Å². The molecule has 0 fully saturated rings. The maximum Gasteiger partial charge on any atom is 0.208 e. The van der Waals surface area contributed by atoms with E-state index in [-0.39, 0.29) is 0 Å². The van der Waals surface area contributed by atoms with E-state index in [0.29, 0.717) is 12.4 Å². The van der Waals surface area contributed by atoms with Crippen molar-refractivity contribution in [2.45, 2.75) is 6.54 Å². The quantitative estimate of drug-likeness (QED) is 0.813.